The van der Waals surface area contributed by atoms with Gasteiger partial charge in [-0.1, -0.05) is 30.3 Å². The minimum atomic E-state index is -1.39. The molecule has 0 aliphatic heterocycles. The molecular weight excluding hydrogens is 370 g/mol. The van der Waals surface area contributed by atoms with Crippen LogP contribution in [0.25, 0.3) is 0 Å². The van der Waals surface area contributed by atoms with E-state index in [0.29, 0.717) is 0 Å². The molecule has 0 aliphatic carbocycles. The lowest BCUT2D eigenvalue weighted by molar-refractivity contribution is -0.139. The molecule has 154 valence electrons. The number of nitrogens with one attached hydrogen (secondary N) is 3. The van der Waals surface area contributed by atoms with Gasteiger partial charge in [-0.15, -0.1) is 0 Å². The number of hydrogen-bond donors (Lipinski definition) is 4. The Kier molecular flexibility index (Phi) is 8.73. The summed E-state index contributed by atoms with van der Waals surface area (Å²) in [4.78, 5) is 46.1. The van der Waals surface area contributed by atoms with E-state index in [2.05, 4.69) is 16.0 Å². The van der Waals surface area contributed by atoms with Crippen molar-refractivity contribution >= 4 is 24.1 Å². The van der Waals surface area contributed by atoms with Crippen LogP contribution >= 0.6 is 0 Å². The van der Waals surface area contributed by atoms with Gasteiger partial charge < -0.3 is 30.5 Å². The third-order valence-corrected chi connectivity index (χ3v) is 3.10. The maximum atomic E-state index is 11.7. The molecule has 1 aromatic rings. The minimum Gasteiger partial charge on any atom is -0.480 e. The summed E-state index contributed by atoms with van der Waals surface area (Å²) in [6.07, 6.45) is -1.71. The fourth-order valence-corrected chi connectivity index (χ4v) is 1.85. The van der Waals surface area contributed by atoms with Crippen molar-refractivity contribution in [2.75, 3.05) is 13.1 Å². The highest BCUT2D eigenvalue weighted by Gasteiger charge is 2.24. The second-order valence-corrected chi connectivity index (χ2v) is 6.76. The third kappa shape index (κ3) is 10.00. The first kappa shape index (κ1) is 22.7. The Morgan fingerprint density at radius 3 is 2.25 bits per heavy atom. The molecule has 4 N–H and O–H groups in total. The van der Waals surface area contributed by atoms with Crippen LogP contribution in [0.15, 0.2) is 30.3 Å². The van der Waals surface area contributed by atoms with E-state index < -0.39 is 42.3 Å². The molecule has 0 saturated heterocycles. The zero-order valence-electron chi connectivity index (χ0n) is 16.0. The van der Waals surface area contributed by atoms with Crippen molar-refractivity contribution in [1.82, 2.24) is 16.0 Å². The van der Waals surface area contributed by atoms with Crippen LogP contribution in [0.1, 0.15) is 26.3 Å². The first-order chi connectivity index (χ1) is 13.1. The number of hydrogen-bond acceptors (Lipinski definition) is 6. The molecule has 10 nitrogen and oxygen atoms in total. The van der Waals surface area contributed by atoms with Crippen molar-refractivity contribution in [3.8, 4) is 0 Å². The van der Waals surface area contributed by atoms with Gasteiger partial charge in [0.05, 0.1) is 6.54 Å². The topological polar surface area (TPSA) is 143 Å². The first-order valence-corrected chi connectivity index (χ1v) is 8.50. The van der Waals surface area contributed by atoms with Crippen LogP contribution in [-0.4, -0.2) is 53.9 Å². The number of carbonyl (C=O) groups excluding carboxylic acids is 3. The number of aliphatic carboxylic acids is 1. The average Bonchev–Trinajstić information content (AvgIpc) is 2.60. The molecule has 0 spiro atoms. The van der Waals surface area contributed by atoms with E-state index in [1.807, 2.05) is 6.07 Å². The number of carboxylic acids is 1. The van der Waals surface area contributed by atoms with Crippen LogP contribution in [0.5, 0.6) is 0 Å². The zero-order chi connectivity index (χ0) is 21.2. The van der Waals surface area contributed by atoms with Crippen LogP contribution in [-0.2, 0) is 25.7 Å². The second-order valence-electron chi connectivity index (χ2n) is 6.76. The lowest BCUT2D eigenvalue weighted by Crippen LogP contribution is -2.50. The summed E-state index contributed by atoms with van der Waals surface area (Å²) in [7, 11) is 0. The highest BCUT2D eigenvalue weighted by Crippen LogP contribution is 2.06. The second kappa shape index (κ2) is 10.8. The molecule has 1 rings (SSSR count). The van der Waals surface area contributed by atoms with E-state index >= 15 is 0 Å². The maximum Gasteiger partial charge on any atom is 0.408 e. The summed E-state index contributed by atoms with van der Waals surface area (Å²) < 4.78 is 9.91. The SMILES string of the molecule is CC(C)(C)OC(=O)N[C@H](CNC(=O)CNC(=O)OCc1ccccc1)C(=O)O. The number of ether oxygens (including phenoxy) is 2. The monoisotopic (exact) mass is 395 g/mol. The van der Waals surface area contributed by atoms with E-state index in [-0.39, 0.29) is 13.2 Å². The van der Waals surface area contributed by atoms with Gasteiger partial charge in [0.25, 0.3) is 0 Å². The lowest BCUT2D eigenvalue weighted by atomic mass is 10.2. The van der Waals surface area contributed by atoms with Gasteiger partial charge >= 0.3 is 18.2 Å². The summed E-state index contributed by atoms with van der Waals surface area (Å²) in [5, 5.41) is 15.8. The minimum absolute atomic E-state index is 0.0508. The fourth-order valence-electron chi connectivity index (χ4n) is 1.85. The highest BCUT2D eigenvalue weighted by atomic mass is 16.6. The van der Waals surface area contributed by atoms with E-state index in [1.54, 1.807) is 45.0 Å². The first-order valence-electron chi connectivity index (χ1n) is 8.50. The van der Waals surface area contributed by atoms with Crippen molar-refractivity contribution in [2.24, 2.45) is 0 Å². The van der Waals surface area contributed by atoms with E-state index in [0.717, 1.165) is 5.56 Å². The number of alkyl carbamates (subject to hydrolysis) is 2. The lowest BCUT2D eigenvalue weighted by Gasteiger charge is -2.22. The van der Waals surface area contributed by atoms with Gasteiger partial charge in [-0.2, -0.15) is 0 Å². The summed E-state index contributed by atoms with van der Waals surface area (Å²) in [5.74, 6) is -1.99. The summed E-state index contributed by atoms with van der Waals surface area (Å²) in [6, 6.07) is 7.61. The van der Waals surface area contributed by atoms with Gasteiger partial charge in [-0.25, -0.2) is 14.4 Å². The predicted octanol–water partition coefficient (Wildman–Crippen LogP) is 1.01. The third-order valence-electron chi connectivity index (χ3n) is 3.10. The van der Waals surface area contributed by atoms with E-state index in [9.17, 15) is 19.2 Å². The Bertz CT molecular complexity index is 686. The Hall–Kier alpha value is -3.30. The standard InChI is InChI=1S/C18H25N3O7/c1-18(2,3)28-17(26)21-13(15(23)24)9-19-14(22)10-20-16(25)27-11-12-7-5-4-6-8-12/h4-8,13H,9-11H2,1-3H3,(H,19,22)(H,20,25)(H,21,26)(H,23,24)/t13-/m1/s1. The Morgan fingerprint density at radius 1 is 1.04 bits per heavy atom. The molecule has 1 aromatic carbocycles. The normalized spacial score (nSPS) is 11.7. The van der Waals surface area contributed by atoms with Gasteiger partial charge in [-0.3, -0.25) is 4.79 Å². The Balaban J connectivity index is 2.33. The predicted molar refractivity (Wildman–Crippen MR) is 98.4 cm³/mol. The zero-order valence-corrected chi connectivity index (χ0v) is 16.0. The number of amides is 3. The van der Waals surface area contributed by atoms with Crippen molar-refractivity contribution in [3.05, 3.63) is 35.9 Å². The van der Waals surface area contributed by atoms with Gasteiger partial charge in [0.2, 0.25) is 5.91 Å². The van der Waals surface area contributed by atoms with Crippen LogP contribution in [0.2, 0.25) is 0 Å². The van der Waals surface area contributed by atoms with Crippen LogP contribution in [0.4, 0.5) is 9.59 Å². The Labute approximate surface area is 162 Å². The van der Waals surface area contributed by atoms with E-state index in [4.69, 9.17) is 14.6 Å². The quantitative estimate of drug-likeness (QED) is 0.514. The van der Waals surface area contributed by atoms with Crippen molar-refractivity contribution in [1.29, 1.82) is 0 Å². The van der Waals surface area contributed by atoms with Crippen LogP contribution in [0.3, 0.4) is 0 Å². The molecular formula is C18H25N3O7. The van der Waals surface area contributed by atoms with Gasteiger partial charge in [0, 0.05) is 6.54 Å². The molecule has 0 aromatic heterocycles. The number of benzene rings is 1. The molecule has 0 heterocycles. The summed E-state index contributed by atoms with van der Waals surface area (Å²) in [5.41, 5.74) is 0.0000597. The smallest absolute Gasteiger partial charge is 0.408 e. The van der Waals surface area contributed by atoms with Gasteiger partial charge in [0.15, 0.2) is 0 Å². The molecule has 0 aliphatic rings. The van der Waals surface area contributed by atoms with Gasteiger partial charge in [0.1, 0.15) is 18.2 Å². The molecule has 0 fully saturated rings. The van der Waals surface area contributed by atoms with E-state index in [1.165, 1.54) is 0 Å². The summed E-state index contributed by atoms with van der Waals surface area (Å²) >= 11 is 0. The number of carbonyl (C=O) groups is 4. The van der Waals surface area contributed by atoms with Crippen molar-refractivity contribution < 1.29 is 33.8 Å². The largest absolute Gasteiger partial charge is 0.480 e. The molecule has 28 heavy (non-hydrogen) atoms. The molecule has 0 saturated carbocycles. The number of carboxylic acid groups (broad SMARTS) is 1. The number of rotatable bonds is 8. The van der Waals surface area contributed by atoms with Crippen molar-refractivity contribution in [3.63, 3.8) is 0 Å². The van der Waals surface area contributed by atoms with Crippen LogP contribution < -0.4 is 16.0 Å². The molecule has 3 amide bonds. The molecule has 0 unspecified atom stereocenters. The molecule has 10 heteroatoms. The summed E-state index contributed by atoms with van der Waals surface area (Å²) in [6.45, 7) is 4.15. The van der Waals surface area contributed by atoms with Crippen LogP contribution in [0, 0.1) is 0 Å². The molecule has 0 bridgehead atoms. The van der Waals surface area contributed by atoms with Gasteiger partial charge in [-0.05, 0) is 26.3 Å². The fraction of sp³-hybridized carbons (Fsp3) is 0.444. The Morgan fingerprint density at radius 2 is 1.68 bits per heavy atom. The average molecular weight is 395 g/mol. The van der Waals surface area contributed by atoms with Crippen molar-refractivity contribution in [2.45, 2.75) is 39.0 Å². The maximum absolute atomic E-state index is 11.7. The molecule has 1 atom stereocenters. The highest BCUT2D eigenvalue weighted by molar-refractivity contribution is 5.84. The molecule has 0 radical (unpaired) electrons.